The average molecular weight is 616 g/mol. The van der Waals surface area contributed by atoms with Gasteiger partial charge < -0.3 is 35.6 Å². The first-order valence-corrected chi connectivity index (χ1v) is 15.6. The molecule has 4 N–H and O–H groups in total. The lowest BCUT2D eigenvalue weighted by Gasteiger charge is -2.28. The number of rotatable bonds is 12. The molecular weight excluding hydrogens is 574 g/mol. The van der Waals surface area contributed by atoms with Crippen molar-refractivity contribution in [1.29, 1.82) is 0 Å². The maximum absolute atomic E-state index is 12.5. The fourth-order valence-corrected chi connectivity index (χ4v) is 5.22. The molecule has 1 aliphatic rings. The highest BCUT2D eigenvalue weighted by Crippen LogP contribution is 2.34. The molecule has 11 heteroatoms. The standard InChI is InChI=1S/C31H35N7O3S.C2H6/c1-32-22-3-5-25(6-4-22)36-31-34-21-28(40-2)30(37-31)42-27-13-9-24(10-14-27)35-29(39)15-16-33-23-7-11-26(12-8-23)38-17-19-41-20-18-38;1-2/h3-14,21,32-33H,15-20H2,1-2H3,(H,35,39)(H,34,36,37);1-2H3. The summed E-state index contributed by atoms with van der Waals surface area (Å²) >= 11 is 1.46. The second-order valence-electron chi connectivity index (χ2n) is 9.52. The lowest BCUT2D eigenvalue weighted by Crippen LogP contribution is -2.36. The summed E-state index contributed by atoms with van der Waals surface area (Å²) in [7, 11) is 3.48. The van der Waals surface area contributed by atoms with Crippen molar-refractivity contribution in [3.8, 4) is 5.75 Å². The molecule has 10 nitrogen and oxygen atoms in total. The zero-order chi connectivity index (χ0) is 31.1. The van der Waals surface area contributed by atoms with E-state index in [-0.39, 0.29) is 5.91 Å². The van der Waals surface area contributed by atoms with Crippen LogP contribution >= 0.6 is 11.8 Å². The summed E-state index contributed by atoms with van der Waals surface area (Å²) in [6.07, 6.45) is 2.01. The number of amides is 1. The molecule has 232 valence electrons. The highest BCUT2D eigenvalue weighted by atomic mass is 32.2. The van der Waals surface area contributed by atoms with Gasteiger partial charge in [0.1, 0.15) is 5.03 Å². The quantitative estimate of drug-likeness (QED) is 0.128. The molecule has 1 aliphatic heterocycles. The Hall–Kier alpha value is -4.48. The average Bonchev–Trinajstić information content (AvgIpc) is 3.08. The monoisotopic (exact) mass is 615 g/mol. The normalized spacial score (nSPS) is 12.4. The maximum Gasteiger partial charge on any atom is 0.228 e. The summed E-state index contributed by atoms with van der Waals surface area (Å²) < 4.78 is 10.9. The number of hydrogen-bond donors (Lipinski definition) is 4. The van der Waals surface area contributed by atoms with E-state index < -0.39 is 0 Å². The summed E-state index contributed by atoms with van der Waals surface area (Å²) in [6, 6.07) is 23.8. The van der Waals surface area contributed by atoms with Crippen molar-refractivity contribution in [3.05, 3.63) is 79.0 Å². The van der Waals surface area contributed by atoms with Gasteiger partial charge in [-0.2, -0.15) is 0 Å². The van der Waals surface area contributed by atoms with E-state index in [2.05, 4.69) is 48.3 Å². The van der Waals surface area contributed by atoms with Gasteiger partial charge in [0, 0.05) is 66.4 Å². The van der Waals surface area contributed by atoms with Gasteiger partial charge >= 0.3 is 0 Å². The largest absolute Gasteiger partial charge is 0.492 e. The van der Waals surface area contributed by atoms with Gasteiger partial charge in [0.2, 0.25) is 11.9 Å². The van der Waals surface area contributed by atoms with Gasteiger partial charge in [0.05, 0.1) is 26.5 Å². The van der Waals surface area contributed by atoms with Crippen molar-refractivity contribution in [3.63, 3.8) is 0 Å². The number of nitrogens with one attached hydrogen (secondary N) is 4. The van der Waals surface area contributed by atoms with E-state index in [0.29, 0.717) is 29.7 Å². The van der Waals surface area contributed by atoms with E-state index in [1.165, 1.54) is 17.4 Å². The third-order valence-electron chi connectivity index (χ3n) is 6.65. The minimum absolute atomic E-state index is 0.0521. The summed E-state index contributed by atoms with van der Waals surface area (Å²) in [5.41, 5.74) is 4.82. The third-order valence-corrected chi connectivity index (χ3v) is 7.64. The Labute approximate surface area is 264 Å². The van der Waals surface area contributed by atoms with Crippen LogP contribution in [0.25, 0.3) is 0 Å². The van der Waals surface area contributed by atoms with Crippen LogP contribution in [0.4, 0.5) is 34.4 Å². The number of benzene rings is 3. The maximum atomic E-state index is 12.5. The lowest BCUT2D eigenvalue weighted by atomic mass is 10.2. The van der Waals surface area contributed by atoms with Gasteiger partial charge in [-0.1, -0.05) is 25.6 Å². The first-order valence-electron chi connectivity index (χ1n) is 14.8. The third kappa shape index (κ3) is 9.51. The molecule has 0 aliphatic carbocycles. The van der Waals surface area contributed by atoms with Crippen LogP contribution in [-0.4, -0.2) is 62.9 Å². The first kappa shape index (κ1) is 32.4. The van der Waals surface area contributed by atoms with Gasteiger partial charge in [-0.3, -0.25) is 4.79 Å². The minimum Gasteiger partial charge on any atom is -0.492 e. The first-order chi connectivity index (χ1) is 21.6. The fourth-order valence-electron chi connectivity index (χ4n) is 4.35. The second kappa shape index (κ2) is 17.0. The van der Waals surface area contributed by atoms with Crippen LogP contribution < -0.4 is 30.9 Å². The number of hydrogen-bond acceptors (Lipinski definition) is 10. The van der Waals surface area contributed by atoms with Gasteiger partial charge in [-0.05, 0) is 72.8 Å². The minimum atomic E-state index is -0.0521. The van der Waals surface area contributed by atoms with Gasteiger partial charge in [0.15, 0.2) is 5.75 Å². The van der Waals surface area contributed by atoms with E-state index in [9.17, 15) is 4.79 Å². The predicted molar refractivity (Wildman–Crippen MR) is 181 cm³/mol. The summed E-state index contributed by atoms with van der Waals surface area (Å²) in [4.78, 5) is 24.8. The summed E-state index contributed by atoms with van der Waals surface area (Å²) in [5.74, 6) is 1.00. The molecule has 0 spiro atoms. The molecule has 0 bridgehead atoms. The van der Waals surface area contributed by atoms with Crippen LogP contribution in [0.5, 0.6) is 5.75 Å². The summed E-state index contributed by atoms with van der Waals surface area (Å²) in [5, 5.41) is 13.3. The molecule has 0 atom stereocenters. The molecular formula is C33H41N7O3S. The van der Waals surface area contributed by atoms with E-state index in [0.717, 1.165) is 53.9 Å². The van der Waals surface area contributed by atoms with Crippen LogP contribution in [0.15, 0.2) is 88.9 Å². The van der Waals surface area contributed by atoms with Crippen LogP contribution in [0.2, 0.25) is 0 Å². The van der Waals surface area contributed by atoms with Crippen molar-refractivity contribution in [1.82, 2.24) is 9.97 Å². The van der Waals surface area contributed by atoms with Gasteiger partial charge in [-0.15, -0.1) is 0 Å². The van der Waals surface area contributed by atoms with E-state index >= 15 is 0 Å². The van der Waals surface area contributed by atoms with Crippen LogP contribution in [-0.2, 0) is 9.53 Å². The molecule has 4 aromatic rings. The zero-order valence-electron chi connectivity index (χ0n) is 25.7. The molecule has 0 radical (unpaired) electrons. The van der Waals surface area contributed by atoms with Crippen molar-refractivity contribution in [2.24, 2.45) is 0 Å². The number of morpholine rings is 1. The Bertz CT molecular complexity index is 1450. The number of carbonyl (C=O) groups excluding carboxylic acids is 1. The molecule has 3 aromatic carbocycles. The number of nitrogens with zero attached hydrogens (tertiary/aromatic N) is 3. The zero-order valence-corrected chi connectivity index (χ0v) is 26.5. The van der Waals surface area contributed by atoms with Crippen LogP contribution in [0.3, 0.4) is 0 Å². The van der Waals surface area contributed by atoms with E-state index in [1.807, 2.05) is 81.6 Å². The number of aromatic nitrogens is 2. The molecule has 2 heterocycles. The molecule has 1 aromatic heterocycles. The van der Waals surface area contributed by atoms with Crippen LogP contribution in [0.1, 0.15) is 20.3 Å². The van der Waals surface area contributed by atoms with Gasteiger partial charge in [-0.25, -0.2) is 9.97 Å². The van der Waals surface area contributed by atoms with Crippen molar-refractivity contribution in [2.45, 2.75) is 30.2 Å². The lowest BCUT2D eigenvalue weighted by molar-refractivity contribution is -0.115. The fraction of sp³-hybridized carbons (Fsp3) is 0.303. The van der Waals surface area contributed by atoms with Crippen molar-refractivity contribution in [2.75, 3.05) is 73.2 Å². The Kier molecular flexibility index (Phi) is 12.5. The number of anilines is 6. The summed E-state index contributed by atoms with van der Waals surface area (Å²) in [6.45, 7) is 7.89. The molecule has 0 unspecified atom stereocenters. The molecule has 1 amide bonds. The molecule has 1 fully saturated rings. The second-order valence-corrected chi connectivity index (χ2v) is 10.6. The smallest absolute Gasteiger partial charge is 0.228 e. The van der Waals surface area contributed by atoms with Crippen LogP contribution in [0, 0.1) is 0 Å². The van der Waals surface area contributed by atoms with Crippen molar-refractivity contribution >= 4 is 52.1 Å². The highest BCUT2D eigenvalue weighted by molar-refractivity contribution is 7.99. The van der Waals surface area contributed by atoms with Gasteiger partial charge in [0.25, 0.3) is 0 Å². The molecule has 44 heavy (non-hydrogen) atoms. The Balaban J connectivity index is 0.00000216. The molecule has 1 saturated heterocycles. The Morgan fingerprint density at radius 2 is 1.55 bits per heavy atom. The van der Waals surface area contributed by atoms with Crippen molar-refractivity contribution < 1.29 is 14.3 Å². The number of methoxy groups -OCH3 is 1. The molecule has 5 rings (SSSR count). The Morgan fingerprint density at radius 1 is 0.909 bits per heavy atom. The topological polar surface area (TPSA) is 113 Å². The predicted octanol–water partition coefficient (Wildman–Crippen LogP) is 6.73. The highest BCUT2D eigenvalue weighted by Gasteiger charge is 2.12. The number of ether oxygens (including phenoxy) is 2. The number of carbonyl (C=O) groups is 1. The SMILES string of the molecule is CC.CNc1ccc(Nc2ncc(OC)c(Sc3ccc(NC(=O)CCNc4ccc(N5CCOCC5)cc4)cc3)n2)cc1. The van der Waals surface area contributed by atoms with E-state index in [1.54, 1.807) is 13.3 Å². The van der Waals surface area contributed by atoms with E-state index in [4.69, 9.17) is 9.47 Å². The molecule has 0 saturated carbocycles. The Morgan fingerprint density at radius 3 is 2.20 bits per heavy atom.